The second-order valence-corrected chi connectivity index (χ2v) is 3.42. The van der Waals surface area contributed by atoms with Gasteiger partial charge >= 0.3 is 6.09 Å². The molecule has 4 nitrogen and oxygen atoms in total. The maximum absolute atomic E-state index is 11.4. The Balaban J connectivity index is 0.00000162. The molecule has 0 aliphatic heterocycles. The Morgan fingerprint density at radius 3 is 2.44 bits per heavy atom. The smallest absolute Gasteiger partial charge is 0.411 e. The molecule has 4 heteroatoms. The third-order valence-corrected chi connectivity index (χ3v) is 2.14. The van der Waals surface area contributed by atoms with Crippen molar-refractivity contribution in [3.8, 4) is 0 Å². The quantitative estimate of drug-likeness (QED) is 0.899. The summed E-state index contributed by atoms with van der Waals surface area (Å²) in [6.07, 6.45) is 2.86. The van der Waals surface area contributed by atoms with Crippen LogP contribution in [0.5, 0.6) is 0 Å². The monoisotopic (exact) mass is 244 g/mol. The van der Waals surface area contributed by atoms with E-state index in [0.29, 0.717) is 5.69 Å². The number of pyridine rings is 1. The molecule has 1 heterocycles. The lowest BCUT2D eigenvalue weighted by atomic mass is 10.3. The number of rotatable bonds is 3. The summed E-state index contributed by atoms with van der Waals surface area (Å²) in [6.45, 7) is 0.237. The van der Waals surface area contributed by atoms with E-state index in [9.17, 15) is 4.79 Å². The highest BCUT2D eigenvalue weighted by molar-refractivity contribution is 5.84. The van der Waals surface area contributed by atoms with E-state index < -0.39 is 6.09 Å². The van der Waals surface area contributed by atoms with Crippen molar-refractivity contribution in [1.29, 1.82) is 0 Å². The van der Waals surface area contributed by atoms with Crippen molar-refractivity contribution in [2.24, 2.45) is 0 Å². The van der Waals surface area contributed by atoms with Gasteiger partial charge < -0.3 is 4.74 Å². The highest BCUT2D eigenvalue weighted by atomic mass is 16.5. The molecule has 2 rings (SSSR count). The fourth-order valence-electron chi connectivity index (χ4n) is 1.30. The molecule has 1 amide bonds. The van der Waals surface area contributed by atoms with Crippen LogP contribution < -0.4 is 5.32 Å². The number of nitrogens with one attached hydrogen (secondary N) is 1. The topological polar surface area (TPSA) is 51.2 Å². The van der Waals surface area contributed by atoms with Gasteiger partial charge in [0.15, 0.2) is 0 Å². The van der Waals surface area contributed by atoms with Gasteiger partial charge in [-0.25, -0.2) is 4.79 Å². The zero-order valence-corrected chi connectivity index (χ0v) is 9.17. The summed E-state index contributed by atoms with van der Waals surface area (Å²) in [5.74, 6) is 0. The predicted octanol–water partition coefficient (Wildman–Crippen LogP) is 3.47. The fourth-order valence-corrected chi connectivity index (χ4v) is 1.30. The van der Waals surface area contributed by atoms with E-state index in [2.05, 4.69) is 10.3 Å². The van der Waals surface area contributed by atoms with Gasteiger partial charge in [0.2, 0.25) is 0 Å². The van der Waals surface area contributed by atoms with Crippen LogP contribution in [0.4, 0.5) is 10.5 Å². The number of anilines is 1. The summed E-state index contributed by atoms with van der Waals surface area (Å²) in [4.78, 5) is 15.3. The normalized spacial score (nSPS) is 9.11. The second-order valence-electron chi connectivity index (χ2n) is 3.42. The number of ether oxygens (including phenoxy) is 1. The van der Waals surface area contributed by atoms with Crippen LogP contribution in [0.15, 0.2) is 54.9 Å². The van der Waals surface area contributed by atoms with Crippen molar-refractivity contribution in [3.05, 3.63) is 60.4 Å². The third-order valence-electron chi connectivity index (χ3n) is 2.14. The minimum Gasteiger partial charge on any atom is -0.444 e. The van der Waals surface area contributed by atoms with Gasteiger partial charge in [0.05, 0.1) is 0 Å². The zero-order chi connectivity index (χ0) is 11.9. The SMILES string of the molecule is C.O=C(Nc1ccccc1)OCc1ccncc1. The van der Waals surface area contributed by atoms with Gasteiger partial charge in [0.25, 0.3) is 0 Å². The van der Waals surface area contributed by atoms with Crippen LogP contribution in [0, 0.1) is 0 Å². The number of nitrogens with zero attached hydrogens (tertiary/aromatic N) is 1. The molecular formula is C14H16N2O2. The summed E-state index contributed by atoms with van der Waals surface area (Å²) in [5.41, 5.74) is 1.62. The number of carbonyl (C=O) groups is 1. The maximum atomic E-state index is 11.4. The van der Waals surface area contributed by atoms with Crippen molar-refractivity contribution in [3.63, 3.8) is 0 Å². The van der Waals surface area contributed by atoms with E-state index in [-0.39, 0.29) is 14.0 Å². The Bertz CT molecular complexity index is 472. The standard InChI is InChI=1S/C13H12N2O2.CH4/c16-13(15-12-4-2-1-3-5-12)17-10-11-6-8-14-9-7-11;/h1-9H,10H2,(H,15,16);1H4. The van der Waals surface area contributed by atoms with Crippen molar-refractivity contribution in [1.82, 2.24) is 4.98 Å². The van der Waals surface area contributed by atoms with Crippen molar-refractivity contribution >= 4 is 11.8 Å². The van der Waals surface area contributed by atoms with E-state index in [1.165, 1.54) is 0 Å². The van der Waals surface area contributed by atoms with E-state index in [1.54, 1.807) is 36.7 Å². The van der Waals surface area contributed by atoms with Crippen LogP contribution in [-0.2, 0) is 11.3 Å². The van der Waals surface area contributed by atoms with E-state index in [0.717, 1.165) is 5.56 Å². The highest BCUT2D eigenvalue weighted by Crippen LogP contribution is 2.06. The largest absolute Gasteiger partial charge is 0.444 e. The Kier molecular flexibility index (Phi) is 5.38. The van der Waals surface area contributed by atoms with Gasteiger partial charge in [-0.2, -0.15) is 0 Å². The predicted molar refractivity (Wildman–Crippen MR) is 71.2 cm³/mol. The van der Waals surface area contributed by atoms with Crippen LogP contribution >= 0.6 is 0 Å². The van der Waals surface area contributed by atoms with E-state index in [4.69, 9.17) is 4.74 Å². The number of amides is 1. The van der Waals surface area contributed by atoms with Crippen LogP contribution in [0.3, 0.4) is 0 Å². The number of hydrogen-bond donors (Lipinski definition) is 1. The molecule has 2 aromatic rings. The van der Waals surface area contributed by atoms with Crippen molar-refractivity contribution in [2.75, 3.05) is 5.32 Å². The van der Waals surface area contributed by atoms with Gasteiger partial charge in [0.1, 0.15) is 6.61 Å². The fraction of sp³-hybridized carbons (Fsp3) is 0.143. The number of carbonyl (C=O) groups excluding carboxylic acids is 1. The molecule has 0 aliphatic rings. The molecule has 0 bridgehead atoms. The van der Waals surface area contributed by atoms with Crippen LogP contribution in [-0.4, -0.2) is 11.1 Å². The number of benzene rings is 1. The molecular weight excluding hydrogens is 228 g/mol. The summed E-state index contributed by atoms with van der Waals surface area (Å²) < 4.78 is 5.05. The number of aromatic nitrogens is 1. The Labute approximate surface area is 107 Å². The summed E-state index contributed by atoms with van der Waals surface area (Å²) >= 11 is 0. The molecule has 0 atom stereocenters. The first-order valence-electron chi connectivity index (χ1n) is 5.22. The van der Waals surface area contributed by atoms with Crippen LogP contribution in [0.25, 0.3) is 0 Å². The number of hydrogen-bond acceptors (Lipinski definition) is 3. The molecule has 18 heavy (non-hydrogen) atoms. The third kappa shape index (κ3) is 4.25. The first kappa shape index (κ1) is 13.7. The van der Waals surface area contributed by atoms with E-state index in [1.807, 2.05) is 18.2 Å². The maximum Gasteiger partial charge on any atom is 0.411 e. The zero-order valence-electron chi connectivity index (χ0n) is 9.17. The lowest BCUT2D eigenvalue weighted by Crippen LogP contribution is -2.13. The minimum absolute atomic E-state index is 0. The molecule has 0 unspecified atom stereocenters. The Morgan fingerprint density at radius 1 is 1.11 bits per heavy atom. The number of para-hydroxylation sites is 1. The lowest BCUT2D eigenvalue weighted by Gasteiger charge is -2.06. The van der Waals surface area contributed by atoms with Crippen LogP contribution in [0.1, 0.15) is 13.0 Å². The van der Waals surface area contributed by atoms with Gasteiger partial charge in [0, 0.05) is 18.1 Å². The van der Waals surface area contributed by atoms with Crippen molar-refractivity contribution in [2.45, 2.75) is 14.0 Å². The molecule has 0 saturated heterocycles. The van der Waals surface area contributed by atoms with Gasteiger partial charge in [-0.3, -0.25) is 10.3 Å². The first-order chi connectivity index (χ1) is 8.34. The molecule has 1 aromatic carbocycles. The molecule has 0 aliphatic carbocycles. The molecule has 1 aromatic heterocycles. The molecule has 94 valence electrons. The Morgan fingerprint density at radius 2 is 1.78 bits per heavy atom. The molecule has 0 fully saturated rings. The molecule has 0 radical (unpaired) electrons. The first-order valence-corrected chi connectivity index (χ1v) is 5.22. The minimum atomic E-state index is -0.465. The average molecular weight is 244 g/mol. The van der Waals surface area contributed by atoms with Gasteiger partial charge in [-0.1, -0.05) is 25.6 Å². The Hall–Kier alpha value is -2.36. The lowest BCUT2D eigenvalue weighted by molar-refractivity contribution is 0.155. The summed E-state index contributed by atoms with van der Waals surface area (Å²) in [5, 5.41) is 2.64. The molecule has 0 spiro atoms. The van der Waals surface area contributed by atoms with E-state index >= 15 is 0 Å². The summed E-state index contributed by atoms with van der Waals surface area (Å²) in [6, 6.07) is 12.8. The second kappa shape index (κ2) is 7.06. The van der Waals surface area contributed by atoms with Crippen LogP contribution in [0.2, 0.25) is 0 Å². The molecule has 1 N–H and O–H groups in total. The molecule has 0 saturated carbocycles. The van der Waals surface area contributed by atoms with Gasteiger partial charge in [-0.15, -0.1) is 0 Å². The summed E-state index contributed by atoms with van der Waals surface area (Å²) in [7, 11) is 0. The van der Waals surface area contributed by atoms with Gasteiger partial charge in [-0.05, 0) is 29.8 Å². The average Bonchev–Trinajstić information content (AvgIpc) is 2.39. The highest BCUT2D eigenvalue weighted by Gasteiger charge is 2.02. The van der Waals surface area contributed by atoms with Crippen molar-refractivity contribution < 1.29 is 9.53 Å².